The van der Waals surface area contributed by atoms with E-state index in [0.29, 0.717) is 0 Å². The lowest BCUT2D eigenvalue weighted by atomic mass is 10.0. The molecule has 1 aromatic heterocycles. The first-order chi connectivity index (χ1) is 9.58. The highest BCUT2D eigenvalue weighted by Gasteiger charge is 2.21. The zero-order chi connectivity index (χ0) is 14.7. The van der Waals surface area contributed by atoms with Gasteiger partial charge >= 0.3 is 0 Å². The van der Waals surface area contributed by atoms with E-state index >= 15 is 0 Å². The molecule has 2 rings (SSSR count). The molecular formula is C13H15BrClIN4. The van der Waals surface area contributed by atoms with Crippen LogP contribution in [-0.2, 0) is 6.54 Å². The summed E-state index contributed by atoms with van der Waals surface area (Å²) in [5.41, 5.74) is 4.87. The monoisotopic (exact) mass is 468 g/mol. The molecule has 0 amide bonds. The number of aryl methyl sites for hydroxylation is 1. The molecule has 3 N–H and O–H groups in total. The Morgan fingerprint density at radius 1 is 1.55 bits per heavy atom. The van der Waals surface area contributed by atoms with Gasteiger partial charge in [-0.15, -0.1) is 0 Å². The average Bonchev–Trinajstić information content (AvgIpc) is 2.77. The molecule has 4 nitrogen and oxygen atoms in total. The predicted octanol–water partition coefficient (Wildman–Crippen LogP) is 3.87. The second-order valence-electron chi connectivity index (χ2n) is 4.37. The lowest BCUT2D eigenvalue weighted by Crippen LogP contribution is -2.31. The van der Waals surface area contributed by atoms with Crippen LogP contribution < -0.4 is 11.3 Å². The molecule has 0 radical (unpaired) electrons. The number of aromatic nitrogens is 2. The molecule has 0 fully saturated rings. The Bertz CT molecular complexity index is 602. The molecule has 0 aliphatic carbocycles. The van der Waals surface area contributed by atoms with Crippen molar-refractivity contribution in [1.82, 2.24) is 15.2 Å². The second-order valence-corrected chi connectivity index (χ2v) is 6.80. The van der Waals surface area contributed by atoms with Crippen LogP contribution in [0.3, 0.4) is 0 Å². The van der Waals surface area contributed by atoms with Gasteiger partial charge in [0.05, 0.1) is 27.4 Å². The highest BCUT2D eigenvalue weighted by molar-refractivity contribution is 14.1. The van der Waals surface area contributed by atoms with Crippen molar-refractivity contribution in [3.63, 3.8) is 0 Å². The van der Waals surface area contributed by atoms with E-state index in [4.69, 9.17) is 17.4 Å². The van der Waals surface area contributed by atoms with Crippen molar-refractivity contribution in [2.75, 3.05) is 0 Å². The molecule has 1 atom stereocenters. The molecule has 0 aliphatic heterocycles. The summed E-state index contributed by atoms with van der Waals surface area (Å²) < 4.78 is 3.91. The summed E-state index contributed by atoms with van der Waals surface area (Å²) in [6, 6.07) is 5.78. The van der Waals surface area contributed by atoms with Gasteiger partial charge in [-0.05, 0) is 62.6 Å². The lowest BCUT2D eigenvalue weighted by Gasteiger charge is -2.19. The van der Waals surface area contributed by atoms with Crippen molar-refractivity contribution in [1.29, 1.82) is 0 Å². The van der Waals surface area contributed by atoms with Crippen LogP contribution in [0.15, 0.2) is 28.9 Å². The van der Waals surface area contributed by atoms with Crippen molar-refractivity contribution < 1.29 is 0 Å². The molecule has 7 heteroatoms. The lowest BCUT2D eigenvalue weighted by molar-refractivity contribution is 0.519. The Balaban J connectivity index is 2.46. The number of halogens is 3. The van der Waals surface area contributed by atoms with Crippen molar-refractivity contribution in [3.8, 4) is 0 Å². The number of hydrazine groups is 1. The van der Waals surface area contributed by atoms with Gasteiger partial charge in [-0.1, -0.05) is 24.6 Å². The fourth-order valence-electron chi connectivity index (χ4n) is 2.07. The van der Waals surface area contributed by atoms with Crippen molar-refractivity contribution >= 4 is 50.1 Å². The summed E-state index contributed by atoms with van der Waals surface area (Å²) in [7, 11) is 0. The molecular weight excluding hydrogens is 454 g/mol. The van der Waals surface area contributed by atoms with Crippen molar-refractivity contribution in [2.45, 2.75) is 25.9 Å². The molecule has 0 saturated carbocycles. The van der Waals surface area contributed by atoms with E-state index in [1.807, 2.05) is 22.9 Å². The summed E-state index contributed by atoms with van der Waals surface area (Å²) >= 11 is 12.0. The molecule has 2 aromatic rings. The van der Waals surface area contributed by atoms with E-state index in [0.717, 1.165) is 37.3 Å². The van der Waals surface area contributed by atoms with Gasteiger partial charge in [0.25, 0.3) is 0 Å². The van der Waals surface area contributed by atoms with Gasteiger partial charge in [-0.25, -0.2) is 5.43 Å². The van der Waals surface area contributed by atoms with Gasteiger partial charge < -0.3 is 0 Å². The third-order valence-electron chi connectivity index (χ3n) is 2.99. The summed E-state index contributed by atoms with van der Waals surface area (Å²) in [6.07, 6.45) is 2.80. The Kier molecular flexibility index (Phi) is 5.85. The van der Waals surface area contributed by atoms with E-state index in [9.17, 15) is 0 Å². The van der Waals surface area contributed by atoms with Gasteiger partial charge in [0.1, 0.15) is 0 Å². The Morgan fingerprint density at radius 2 is 2.30 bits per heavy atom. The van der Waals surface area contributed by atoms with Crippen LogP contribution in [0, 0.1) is 3.57 Å². The summed E-state index contributed by atoms with van der Waals surface area (Å²) in [5, 5.41) is 5.10. The predicted molar refractivity (Wildman–Crippen MR) is 93.6 cm³/mol. The summed E-state index contributed by atoms with van der Waals surface area (Å²) in [5.74, 6) is 5.76. The fourth-order valence-corrected chi connectivity index (χ4v) is 3.12. The second kappa shape index (κ2) is 7.22. The van der Waals surface area contributed by atoms with Crippen molar-refractivity contribution in [2.24, 2.45) is 5.84 Å². The van der Waals surface area contributed by atoms with E-state index in [-0.39, 0.29) is 6.04 Å². The maximum absolute atomic E-state index is 6.21. The molecule has 0 saturated heterocycles. The minimum absolute atomic E-state index is 0.159. The highest BCUT2D eigenvalue weighted by Crippen LogP contribution is 2.31. The third-order valence-corrected chi connectivity index (χ3v) is 5.17. The zero-order valence-electron chi connectivity index (χ0n) is 10.9. The first kappa shape index (κ1) is 16.2. The molecule has 1 unspecified atom stereocenters. The molecule has 0 aliphatic rings. The molecule has 20 heavy (non-hydrogen) atoms. The van der Waals surface area contributed by atoms with Crippen LogP contribution in [-0.4, -0.2) is 9.78 Å². The normalized spacial score (nSPS) is 12.7. The summed E-state index contributed by atoms with van der Waals surface area (Å²) in [6.45, 7) is 2.96. The standard InChI is InChI=1S/C13H15BrClIN4/c1-2-5-20-13(9(14)7-18-20)12(19-17)8-3-4-11(16)10(15)6-8/h3-4,6-7,12,19H,2,5,17H2,1H3. The molecule has 108 valence electrons. The minimum atomic E-state index is -0.159. The number of hydrogen-bond acceptors (Lipinski definition) is 3. The zero-order valence-corrected chi connectivity index (χ0v) is 15.4. The average molecular weight is 470 g/mol. The molecule has 1 heterocycles. The van der Waals surface area contributed by atoms with E-state index in [1.165, 1.54) is 0 Å². The topological polar surface area (TPSA) is 55.9 Å². The number of hydrogen-bond donors (Lipinski definition) is 2. The molecule has 0 bridgehead atoms. The molecule has 1 aromatic carbocycles. The van der Waals surface area contributed by atoms with Crippen LogP contribution in [0.2, 0.25) is 5.02 Å². The van der Waals surface area contributed by atoms with Crippen LogP contribution in [0.1, 0.15) is 30.6 Å². The van der Waals surface area contributed by atoms with E-state index in [2.05, 4.69) is 56.0 Å². The SMILES string of the molecule is CCCn1ncc(Br)c1C(NN)c1ccc(I)c(Cl)c1. The Morgan fingerprint density at radius 3 is 2.90 bits per heavy atom. The number of nitrogens with zero attached hydrogens (tertiary/aromatic N) is 2. The first-order valence-electron chi connectivity index (χ1n) is 6.20. The van der Waals surface area contributed by atoms with Crippen LogP contribution in [0.5, 0.6) is 0 Å². The van der Waals surface area contributed by atoms with E-state index < -0.39 is 0 Å². The summed E-state index contributed by atoms with van der Waals surface area (Å²) in [4.78, 5) is 0. The quantitative estimate of drug-likeness (QED) is 0.397. The van der Waals surface area contributed by atoms with Gasteiger partial charge in [0, 0.05) is 10.1 Å². The van der Waals surface area contributed by atoms with Gasteiger partial charge in [-0.2, -0.15) is 5.10 Å². The largest absolute Gasteiger partial charge is 0.271 e. The van der Waals surface area contributed by atoms with E-state index in [1.54, 1.807) is 6.20 Å². The maximum atomic E-state index is 6.21. The number of rotatable bonds is 5. The first-order valence-corrected chi connectivity index (χ1v) is 8.45. The fraction of sp³-hybridized carbons (Fsp3) is 0.308. The number of benzene rings is 1. The van der Waals surface area contributed by atoms with Crippen LogP contribution in [0.4, 0.5) is 0 Å². The van der Waals surface area contributed by atoms with Crippen LogP contribution in [0.25, 0.3) is 0 Å². The smallest absolute Gasteiger partial charge is 0.0890 e. The van der Waals surface area contributed by atoms with Gasteiger partial charge in [0.2, 0.25) is 0 Å². The van der Waals surface area contributed by atoms with Crippen molar-refractivity contribution in [3.05, 3.63) is 48.7 Å². The van der Waals surface area contributed by atoms with Gasteiger partial charge in [0.15, 0.2) is 0 Å². The Hall–Kier alpha value is -0.150. The third kappa shape index (κ3) is 3.36. The molecule has 0 spiro atoms. The highest BCUT2D eigenvalue weighted by atomic mass is 127. The number of nitrogens with one attached hydrogen (secondary N) is 1. The maximum Gasteiger partial charge on any atom is 0.0890 e. The number of nitrogens with two attached hydrogens (primary N) is 1. The van der Waals surface area contributed by atoms with Gasteiger partial charge in [-0.3, -0.25) is 10.5 Å². The Labute approximate surface area is 145 Å². The van der Waals surface area contributed by atoms with Crippen LogP contribution >= 0.6 is 50.1 Å². The minimum Gasteiger partial charge on any atom is -0.271 e.